The average molecular weight is 459 g/mol. The molecule has 2 aliphatic heterocycles. The number of benzene rings is 1. The Bertz CT molecular complexity index is 1550. The van der Waals surface area contributed by atoms with Crippen LogP contribution in [0.2, 0.25) is 0 Å². The molecule has 2 aliphatic rings. The zero-order chi connectivity index (χ0) is 22.8. The van der Waals surface area contributed by atoms with Crippen LogP contribution in [0.15, 0.2) is 36.8 Å². The Morgan fingerprint density at radius 1 is 1.24 bits per heavy atom. The van der Waals surface area contributed by atoms with Crippen LogP contribution in [0.4, 0.5) is 15.9 Å². The van der Waals surface area contributed by atoms with E-state index in [0.29, 0.717) is 29.0 Å². The number of rotatable bonds is 4. The van der Waals surface area contributed by atoms with Gasteiger partial charge in [-0.3, -0.25) is 0 Å². The average Bonchev–Trinajstić information content (AvgIpc) is 3.60. The number of fused-ring (bicyclic) bond motifs is 5. The Balaban J connectivity index is 1.40. The van der Waals surface area contributed by atoms with Gasteiger partial charge in [0.15, 0.2) is 11.4 Å². The van der Waals surface area contributed by atoms with Crippen LogP contribution in [-0.2, 0) is 0 Å². The molecule has 2 saturated heterocycles. The first-order valence-corrected chi connectivity index (χ1v) is 11.3. The first-order chi connectivity index (χ1) is 16.7. The van der Waals surface area contributed by atoms with Crippen LogP contribution in [0.3, 0.4) is 0 Å². The van der Waals surface area contributed by atoms with Crippen molar-refractivity contribution in [1.29, 1.82) is 0 Å². The van der Waals surface area contributed by atoms with Gasteiger partial charge >= 0.3 is 6.01 Å². The first-order valence-electron chi connectivity index (χ1n) is 11.3. The fraction of sp³-hybridized carbons (Fsp3) is 0.304. The predicted octanol–water partition coefficient (Wildman–Crippen LogP) is 2.92. The molecule has 2 atom stereocenters. The number of halogens is 1. The monoisotopic (exact) mass is 459 g/mol. The van der Waals surface area contributed by atoms with Crippen molar-refractivity contribution in [3.05, 3.63) is 42.6 Å². The lowest BCUT2D eigenvalue weighted by molar-refractivity contribution is 0.438. The Morgan fingerprint density at radius 3 is 3.06 bits per heavy atom. The van der Waals surface area contributed by atoms with Gasteiger partial charge in [-0.2, -0.15) is 15.1 Å². The summed E-state index contributed by atoms with van der Waals surface area (Å²) in [5.41, 5.74) is 2.76. The summed E-state index contributed by atoms with van der Waals surface area (Å²) in [6.45, 7) is 2.76. The molecule has 2 unspecified atom stereocenters. The summed E-state index contributed by atoms with van der Waals surface area (Å²) in [5, 5.41) is 12.4. The highest BCUT2D eigenvalue weighted by atomic mass is 19.1. The van der Waals surface area contributed by atoms with Crippen molar-refractivity contribution in [3.63, 3.8) is 0 Å². The maximum atomic E-state index is 14.5. The molecule has 5 aromatic rings. The molecule has 0 amide bonds. The van der Waals surface area contributed by atoms with E-state index in [-0.39, 0.29) is 11.8 Å². The Labute approximate surface area is 193 Å². The van der Waals surface area contributed by atoms with Gasteiger partial charge in [-0.05, 0) is 31.0 Å². The van der Waals surface area contributed by atoms with Crippen LogP contribution >= 0.6 is 0 Å². The molecule has 0 radical (unpaired) electrons. The zero-order valence-corrected chi connectivity index (χ0v) is 18.4. The molecule has 1 aromatic carbocycles. The van der Waals surface area contributed by atoms with Gasteiger partial charge in [-0.1, -0.05) is 0 Å². The third-order valence-electron chi connectivity index (χ3n) is 6.85. The first kappa shape index (κ1) is 19.5. The van der Waals surface area contributed by atoms with Crippen molar-refractivity contribution in [2.75, 3.05) is 36.9 Å². The number of ether oxygens (including phenoxy) is 1. The Hall–Kier alpha value is -3.99. The molecular weight excluding hydrogens is 437 g/mol. The van der Waals surface area contributed by atoms with Crippen LogP contribution in [0.5, 0.6) is 11.8 Å². The number of nitrogens with zero attached hydrogens (tertiary/aromatic N) is 6. The van der Waals surface area contributed by atoms with Crippen molar-refractivity contribution in [2.24, 2.45) is 5.92 Å². The number of aromatic amines is 1. The number of hydrogen-bond donors (Lipinski definition) is 3. The quantitative estimate of drug-likeness (QED) is 0.377. The molecule has 3 N–H and O–H groups in total. The minimum Gasteiger partial charge on any atom is -0.421 e. The van der Waals surface area contributed by atoms with Gasteiger partial charge in [0.25, 0.3) is 0 Å². The van der Waals surface area contributed by atoms with Gasteiger partial charge in [-0.15, -0.1) is 0 Å². The van der Waals surface area contributed by atoms with Crippen molar-refractivity contribution in [1.82, 2.24) is 34.9 Å². The van der Waals surface area contributed by atoms with E-state index < -0.39 is 0 Å². The van der Waals surface area contributed by atoms with Gasteiger partial charge in [0.1, 0.15) is 17.3 Å². The van der Waals surface area contributed by atoms with E-state index in [1.54, 1.807) is 30.2 Å². The lowest BCUT2D eigenvalue weighted by atomic mass is 10.1. The smallest absolute Gasteiger partial charge is 0.326 e. The number of anilines is 2. The SMILES string of the molecule is CNc1cc(F)cc2c1[nH]c1nc(Oc3cnc4ccnn4c3)nc(N3CC4CCNC4C3)c12. The van der Waals surface area contributed by atoms with Gasteiger partial charge in [-0.25, -0.2) is 13.9 Å². The molecule has 0 aliphatic carbocycles. The molecule has 0 spiro atoms. The maximum Gasteiger partial charge on any atom is 0.326 e. The van der Waals surface area contributed by atoms with Crippen LogP contribution in [0.1, 0.15) is 6.42 Å². The fourth-order valence-corrected chi connectivity index (χ4v) is 5.27. The minimum atomic E-state index is -0.317. The summed E-state index contributed by atoms with van der Waals surface area (Å²) in [4.78, 5) is 19.4. The zero-order valence-electron chi connectivity index (χ0n) is 18.4. The molecule has 172 valence electrons. The summed E-state index contributed by atoms with van der Waals surface area (Å²) in [6.07, 6.45) is 6.17. The highest BCUT2D eigenvalue weighted by molar-refractivity contribution is 6.14. The van der Waals surface area contributed by atoms with Crippen molar-refractivity contribution >= 4 is 39.1 Å². The normalized spacial score (nSPS) is 20.0. The number of aromatic nitrogens is 6. The number of nitrogens with one attached hydrogen (secondary N) is 3. The summed E-state index contributed by atoms with van der Waals surface area (Å²) in [7, 11) is 1.77. The lowest BCUT2D eigenvalue weighted by Gasteiger charge is -2.20. The third kappa shape index (κ3) is 2.97. The fourth-order valence-electron chi connectivity index (χ4n) is 5.27. The molecule has 4 aromatic heterocycles. The lowest BCUT2D eigenvalue weighted by Crippen LogP contribution is -2.30. The van der Waals surface area contributed by atoms with Crippen LogP contribution < -0.4 is 20.3 Å². The second-order valence-electron chi connectivity index (χ2n) is 8.84. The number of hydrogen-bond acceptors (Lipinski definition) is 8. The van der Waals surface area contributed by atoms with E-state index in [1.807, 2.05) is 6.07 Å². The highest BCUT2D eigenvalue weighted by Crippen LogP contribution is 2.39. The topological polar surface area (TPSA) is 108 Å². The summed E-state index contributed by atoms with van der Waals surface area (Å²) in [6, 6.07) is 5.44. The molecule has 6 heterocycles. The molecular formula is C23H22FN9O. The van der Waals surface area contributed by atoms with E-state index in [4.69, 9.17) is 9.72 Å². The van der Waals surface area contributed by atoms with Crippen molar-refractivity contribution in [2.45, 2.75) is 12.5 Å². The molecule has 0 bridgehead atoms. The Morgan fingerprint density at radius 2 is 2.18 bits per heavy atom. The largest absolute Gasteiger partial charge is 0.421 e. The van der Waals surface area contributed by atoms with Gasteiger partial charge in [0.05, 0.1) is 35.2 Å². The van der Waals surface area contributed by atoms with Crippen LogP contribution in [0.25, 0.3) is 27.6 Å². The van der Waals surface area contributed by atoms with E-state index in [9.17, 15) is 4.39 Å². The van der Waals surface area contributed by atoms with E-state index in [1.165, 1.54) is 12.1 Å². The molecule has 2 fully saturated rings. The van der Waals surface area contributed by atoms with Crippen LogP contribution in [-0.4, -0.2) is 62.3 Å². The molecule has 7 rings (SSSR count). The van der Waals surface area contributed by atoms with E-state index in [2.05, 4.69) is 35.6 Å². The van der Waals surface area contributed by atoms with E-state index >= 15 is 0 Å². The highest BCUT2D eigenvalue weighted by Gasteiger charge is 2.37. The van der Waals surface area contributed by atoms with Crippen molar-refractivity contribution in [3.8, 4) is 11.8 Å². The minimum absolute atomic E-state index is 0.193. The second-order valence-corrected chi connectivity index (χ2v) is 8.84. The van der Waals surface area contributed by atoms with Crippen molar-refractivity contribution < 1.29 is 9.13 Å². The second kappa shape index (κ2) is 7.26. The summed E-state index contributed by atoms with van der Waals surface area (Å²) >= 11 is 0. The number of H-pyrrole nitrogens is 1. The van der Waals surface area contributed by atoms with Gasteiger partial charge in [0.2, 0.25) is 0 Å². The van der Waals surface area contributed by atoms with Gasteiger partial charge < -0.3 is 25.3 Å². The van der Waals surface area contributed by atoms with Crippen LogP contribution in [0, 0.1) is 11.7 Å². The molecule has 10 nitrogen and oxygen atoms in total. The maximum absolute atomic E-state index is 14.5. The summed E-state index contributed by atoms with van der Waals surface area (Å²) < 4.78 is 22.2. The van der Waals surface area contributed by atoms with Gasteiger partial charge in [0, 0.05) is 37.6 Å². The molecule has 11 heteroatoms. The Kier molecular flexibility index (Phi) is 4.16. The standard InChI is InChI=1S/C23H22FN9O/c1-25-16-7-13(24)6-15-19-21(29-20(15)16)30-23(34-14-8-27-18-3-5-28-33(18)10-14)31-22(19)32-9-12-2-4-26-17(12)11-32/h3,5-8,10,12,17,25-26H,2,4,9,11H2,1H3,(H,29,30,31). The molecule has 0 saturated carbocycles. The molecule has 34 heavy (non-hydrogen) atoms. The summed E-state index contributed by atoms with van der Waals surface area (Å²) in [5.74, 6) is 1.46. The van der Waals surface area contributed by atoms with E-state index in [0.717, 1.165) is 53.8 Å². The third-order valence-corrected chi connectivity index (χ3v) is 6.85. The predicted molar refractivity (Wildman–Crippen MR) is 126 cm³/mol.